The van der Waals surface area contributed by atoms with E-state index in [-0.39, 0.29) is 12.5 Å². The number of aliphatic hydroxyl groups is 1. The second-order valence-electron chi connectivity index (χ2n) is 5.27. The zero-order chi connectivity index (χ0) is 18.1. The maximum absolute atomic E-state index is 11.8. The first kappa shape index (κ1) is 19.9. The van der Waals surface area contributed by atoms with Crippen LogP contribution < -0.4 is 5.32 Å². The molecule has 0 fully saturated rings. The van der Waals surface area contributed by atoms with Crippen molar-refractivity contribution in [2.24, 2.45) is 0 Å². The van der Waals surface area contributed by atoms with Gasteiger partial charge in [0, 0.05) is 34.0 Å². The number of carbonyl (C=O) groups excluding carboxylic acids is 1. The zero-order valence-electron chi connectivity index (χ0n) is 13.5. The van der Waals surface area contributed by atoms with Crippen LogP contribution in [0, 0.1) is 0 Å². The molecule has 2 aromatic carbocycles. The summed E-state index contributed by atoms with van der Waals surface area (Å²) in [6.07, 6.45) is 4.75. The molecule has 0 unspecified atom stereocenters. The van der Waals surface area contributed by atoms with Gasteiger partial charge in [-0.1, -0.05) is 53.2 Å². The molecule has 0 spiro atoms. The van der Waals surface area contributed by atoms with Crippen LogP contribution in [-0.4, -0.2) is 24.2 Å². The molecule has 0 aliphatic rings. The fourth-order valence-corrected chi connectivity index (χ4v) is 3.51. The van der Waals surface area contributed by atoms with Crippen molar-refractivity contribution in [3.05, 3.63) is 64.1 Å². The van der Waals surface area contributed by atoms with Gasteiger partial charge in [-0.15, -0.1) is 0 Å². The highest BCUT2D eigenvalue weighted by molar-refractivity contribution is 7.99. The third-order valence-electron chi connectivity index (χ3n) is 3.33. The molecule has 2 aromatic rings. The average molecular weight is 396 g/mol. The Morgan fingerprint density at radius 1 is 1.12 bits per heavy atom. The van der Waals surface area contributed by atoms with E-state index in [2.05, 4.69) is 5.32 Å². The van der Waals surface area contributed by atoms with Crippen molar-refractivity contribution in [1.82, 2.24) is 5.32 Å². The van der Waals surface area contributed by atoms with E-state index in [1.165, 1.54) is 17.8 Å². The summed E-state index contributed by atoms with van der Waals surface area (Å²) in [7, 11) is 0. The van der Waals surface area contributed by atoms with Crippen LogP contribution in [-0.2, 0) is 4.79 Å². The van der Waals surface area contributed by atoms with Crippen LogP contribution in [0.4, 0.5) is 0 Å². The normalized spacial score (nSPS) is 11.0. The SMILES string of the molecule is O=C(C=Cc1ccccc1Sc1ccc(Cl)cc1Cl)NCCCCO. The predicted molar refractivity (Wildman–Crippen MR) is 105 cm³/mol. The van der Waals surface area contributed by atoms with Gasteiger partial charge in [-0.25, -0.2) is 0 Å². The molecule has 0 atom stereocenters. The molecule has 0 bridgehead atoms. The minimum Gasteiger partial charge on any atom is -0.396 e. The Hall–Kier alpha value is -1.46. The second kappa shape index (κ2) is 10.5. The van der Waals surface area contributed by atoms with Crippen LogP contribution in [0.3, 0.4) is 0 Å². The molecule has 25 heavy (non-hydrogen) atoms. The van der Waals surface area contributed by atoms with Crippen molar-refractivity contribution < 1.29 is 9.90 Å². The molecule has 0 aliphatic carbocycles. The minimum atomic E-state index is -0.151. The molecule has 0 aliphatic heterocycles. The van der Waals surface area contributed by atoms with Crippen molar-refractivity contribution >= 4 is 46.9 Å². The average Bonchev–Trinajstić information content (AvgIpc) is 2.60. The predicted octanol–water partition coefficient (Wildman–Crippen LogP) is 5.05. The van der Waals surface area contributed by atoms with Crippen molar-refractivity contribution in [2.45, 2.75) is 22.6 Å². The summed E-state index contributed by atoms with van der Waals surface area (Å²) in [6, 6.07) is 13.2. The van der Waals surface area contributed by atoms with Crippen LogP contribution in [0.2, 0.25) is 10.0 Å². The quantitative estimate of drug-likeness (QED) is 0.485. The number of hydrogen-bond donors (Lipinski definition) is 2. The number of rotatable bonds is 8. The van der Waals surface area contributed by atoms with E-state index in [1.807, 2.05) is 30.3 Å². The molecule has 0 heterocycles. The van der Waals surface area contributed by atoms with E-state index < -0.39 is 0 Å². The summed E-state index contributed by atoms with van der Waals surface area (Å²) in [5, 5.41) is 12.7. The number of carbonyl (C=O) groups is 1. The summed E-state index contributed by atoms with van der Waals surface area (Å²) in [4.78, 5) is 13.7. The van der Waals surface area contributed by atoms with E-state index >= 15 is 0 Å². The minimum absolute atomic E-state index is 0.142. The maximum Gasteiger partial charge on any atom is 0.243 e. The van der Waals surface area contributed by atoms with Gasteiger partial charge in [0.15, 0.2) is 0 Å². The first-order valence-corrected chi connectivity index (χ1v) is 9.46. The molecule has 3 nitrogen and oxygen atoms in total. The van der Waals surface area contributed by atoms with Gasteiger partial charge in [0.1, 0.15) is 0 Å². The van der Waals surface area contributed by atoms with Gasteiger partial charge in [-0.05, 0) is 48.7 Å². The highest BCUT2D eigenvalue weighted by atomic mass is 35.5. The molecule has 0 radical (unpaired) electrons. The van der Waals surface area contributed by atoms with E-state index in [4.69, 9.17) is 28.3 Å². The Kier molecular flexibility index (Phi) is 8.35. The number of unbranched alkanes of at least 4 members (excludes halogenated alkanes) is 1. The molecule has 1 amide bonds. The lowest BCUT2D eigenvalue weighted by Gasteiger charge is -2.08. The van der Waals surface area contributed by atoms with Crippen LogP contribution >= 0.6 is 35.0 Å². The summed E-state index contributed by atoms with van der Waals surface area (Å²) >= 11 is 13.7. The van der Waals surface area contributed by atoms with Crippen molar-refractivity contribution in [1.29, 1.82) is 0 Å². The van der Waals surface area contributed by atoms with Gasteiger partial charge in [0.05, 0.1) is 5.02 Å². The van der Waals surface area contributed by atoms with Crippen LogP contribution in [0.5, 0.6) is 0 Å². The van der Waals surface area contributed by atoms with E-state index in [0.717, 1.165) is 21.8 Å². The molecule has 132 valence electrons. The van der Waals surface area contributed by atoms with Crippen LogP contribution in [0.1, 0.15) is 18.4 Å². The Bertz CT molecular complexity index is 750. The molecule has 2 rings (SSSR count). The molecule has 0 saturated heterocycles. The van der Waals surface area contributed by atoms with Gasteiger partial charge in [0.2, 0.25) is 5.91 Å². The lowest BCUT2D eigenvalue weighted by molar-refractivity contribution is -0.116. The van der Waals surface area contributed by atoms with E-state index in [9.17, 15) is 4.79 Å². The topological polar surface area (TPSA) is 49.3 Å². The van der Waals surface area contributed by atoms with Gasteiger partial charge in [-0.3, -0.25) is 4.79 Å². The number of hydrogen-bond acceptors (Lipinski definition) is 3. The Morgan fingerprint density at radius 2 is 1.92 bits per heavy atom. The van der Waals surface area contributed by atoms with Gasteiger partial charge in [0.25, 0.3) is 0 Å². The van der Waals surface area contributed by atoms with E-state index in [0.29, 0.717) is 23.0 Å². The Balaban J connectivity index is 2.04. The summed E-state index contributed by atoms with van der Waals surface area (Å²) < 4.78 is 0. The third kappa shape index (κ3) is 6.75. The number of amides is 1. The van der Waals surface area contributed by atoms with Gasteiger partial charge in [-0.2, -0.15) is 0 Å². The fraction of sp³-hybridized carbons (Fsp3) is 0.211. The van der Waals surface area contributed by atoms with Crippen LogP contribution in [0.25, 0.3) is 6.08 Å². The van der Waals surface area contributed by atoms with E-state index in [1.54, 1.807) is 18.2 Å². The molecule has 2 N–H and O–H groups in total. The fourth-order valence-electron chi connectivity index (χ4n) is 2.06. The molecule has 0 aromatic heterocycles. The van der Waals surface area contributed by atoms with Gasteiger partial charge >= 0.3 is 0 Å². The molecule has 0 saturated carbocycles. The molecular formula is C19H19Cl2NO2S. The van der Waals surface area contributed by atoms with Crippen molar-refractivity contribution in [2.75, 3.05) is 13.2 Å². The van der Waals surface area contributed by atoms with Crippen LogP contribution in [0.15, 0.2) is 58.3 Å². The lowest BCUT2D eigenvalue weighted by atomic mass is 10.2. The smallest absolute Gasteiger partial charge is 0.243 e. The number of benzene rings is 2. The zero-order valence-corrected chi connectivity index (χ0v) is 15.9. The van der Waals surface area contributed by atoms with Gasteiger partial charge < -0.3 is 10.4 Å². The largest absolute Gasteiger partial charge is 0.396 e. The number of aliphatic hydroxyl groups excluding tert-OH is 1. The third-order valence-corrected chi connectivity index (χ3v) is 5.16. The summed E-state index contributed by atoms with van der Waals surface area (Å²) in [6.45, 7) is 0.698. The highest BCUT2D eigenvalue weighted by Gasteiger charge is 2.06. The number of nitrogens with one attached hydrogen (secondary N) is 1. The first-order valence-electron chi connectivity index (χ1n) is 7.89. The second-order valence-corrected chi connectivity index (χ2v) is 7.20. The van der Waals surface area contributed by atoms with Crippen molar-refractivity contribution in [3.63, 3.8) is 0 Å². The molecule has 6 heteroatoms. The number of halogens is 2. The summed E-state index contributed by atoms with van der Waals surface area (Å²) in [5.74, 6) is -0.151. The highest BCUT2D eigenvalue weighted by Crippen LogP contribution is 2.36. The Morgan fingerprint density at radius 3 is 2.68 bits per heavy atom. The lowest BCUT2D eigenvalue weighted by Crippen LogP contribution is -2.22. The standard InChI is InChI=1S/C19H19Cl2NO2S/c20-15-8-9-18(16(21)13-15)25-17-6-2-1-5-14(17)7-10-19(24)22-11-3-4-12-23/h1-2,5-10,13,23H,3-4,11-12H2,(H,22,24). The monoisotopic (exact) mass is 395 g/mol. The Labute approximate surface area is 162 Å². The van der Waals surface area contributed by atoms with Crippen molar-refractivity contribution in [3.8, 4) is 0 Å². The maximum atomic E-state index is 11.8. The molecular weight excluding hydrogens is 377 g/mol. The summed E-state index contributed by atoms with van der Waals surface area (Å²) in [5.41, 5.74) is 0.934. The first-order chi connectivity index (χ1) is 12.1.